The van der Waals surface area contributed by atoms with Gasteiger partial charge >= 0.3 is 0 Å². The molecule has 3 atom stereocenters. The van der Waals surface area contributed by atoms with Crippen molar-refractivity contribution in [3.05, 3.63) is 34.9 Å². The van der Waals surface area contributed by atoms with Gasteiger partial charge in [-0.05, 0) is 51.6 Å². The van der Waals surface area contributed by atoms with Crippen molar-refractivity contribution in [2.75, 3.05) is 6.54 Å². The Balaban J connectivity index is 2.25. The summed E-state index contributed by atoms with van der Waals surface area (Å²) in [5.74, 6) is 0.739. The second kappa shape index (κ2) is 5.64. The lowest BCUT2D eigenvalue weighted by Gasteiger charge is -2.40. The number of aryl methyl sites for hydroxylation is 2. The van der Waals surface area contributed by atoms with Crippen molar-refractivity contribution >= 4 is 0 Å². The number of piperidine rings is 1. The van der Waals surface area contributed by atoms with Gasteiger partial charge in [-0.1, -0.05) is 42.7 Å². The quantitative estimate of drug-likeness (QED) is 0.875. The van der Waals surface area contributed by atoms with E-state index in [2.05, 4.69) is 44.3 Å². The van der Waals surface area contributed by atoms with Gasteiger partial charge in [-0.25, -0.2) is 0 Å². The van der Waals surface area contributed by atoms with Crippen molar-refractivity contribution in [2.45, 2.75) is 58.6 Å². The molecule has 0 aromatic heterocycles. The van der Waals surface area contributed by atoms with Crippen LogP contribution in [0.1, 0.15) is 49.8 Å². The molecule has 1 aliphatic heterocycles. The van der Waals surface area contributed by atoms with Crippen molar-refractivity contribution in [2.24, 2.45) is 5.92 Å². The smallest absolute Gasteiger partial charge is 0.102 e. The minimum atomic E-state index is -0.787. The number of benzene rings is 1. The molecule has 0 bridgehead atoms. The van der Waals surface area contributed by atoms with E-state index in [0.29, 0.717) is 0 Å². The summed E-state index contributed by atoms with van der Waals surface area (Å²) in [5.41, 5.74) is 2.69. The predicted molar refractivity (Wildman–Crippen MR) is 80.3 cm³/mol. The average Bonchev–Trinajstić information content (AvgIpc) is 2.37. The van der Waals surface area contributed by atoms with Gasteiger partial charge in [0.2, 0.25) is 0 Å². The molecule has 3 unspecified atom stereocenters. The minimum Gasteiger partial charge on any atom is -0.384 e. The van der Waals surface area contributed by atoms with Gasteiger partial charge in [-0.2, -0.15) is 0 Å². The van der Waals surface area contributed by atoms with Crippen LogP contribution in [0.4, 0.5) is 0 Å². The zero-order valence-corrected chi connectivity index (χ0v) is 12.7. The highest BCUT2D eigenvalue weighted by atomic mass is 16.3. The maximum Gasteiger partial charge on any atom is 0.102 e. The van der Waals surface area contributed by atoms with Crippen LogP contribution in [-0.2, 0) is 5.60 Å². The van der Waals surface area contributed by atoms with Crippen molar-refractivity contribution in [1.82, 2.24) is 5.32 Å². The molecule has 1 saturated heterocycles. The molecular weight excluding hydrogens is 234 g/mol. The first-order valence-corrected chi connectivity index (χ1v) is 7.48. The molecule has 2 rings (SSSR count). The first-order chi connectivity index (χ1) is 8.93. The Morgan fingerprint density at radius 2 is 1.89 bits per heavy atom. The number of rotatable bonds is 3. The van der Waals surface area contributed by atoms with Crippen molar-refractivity contribution in [1.29, 1.82) is 0 Å². The first-order valence-electron chi connectivity index (χ1n) is 7.48. The normalized spacial score (nSPS) is 27.0. The van der Waals surface area contributed by atoms with E-state index in [4.69, 9.17) is 0 Å². The van der Waals surface area contributed by atoms with Crippen LogP contribution < -0.4 is 5.32 Å². The molecule has 0 spiro atoms. The number of nitrogens with one attached hydrogen (secondary N) is 1. The summed E-state index contributed by atoms with van der Waals surface area (Å²) >= 11 is 0. The lowest BCUT2D eigenvalue weighted by Crippen LogP contribution is -2.51. The molecule has 2 N–H and O–H groups in total. The molecule has 1 heterocycles. The fraction of sp³-hybridized carbons (Fsp3) is 0.647. The molecule has 0 amide bonds. The summed E-state index contributed by atoms with van der Waals surface area (Å²) in [7, 11) is 0. The molecule has 2 nitrogen and oxygen atoms in total. The number of aliphatic hydroxyl groups is 1. The summed E-state index contributed by atoms with van der Waals surface area (Å²) in [6.45, 7) is 9.41. The third-order valence-electron chi connectivity index (χ3n) is 4.57. The molecule has 0 radical (unpaired) electrons. The van der Waals surface area contributed by atoms with E-state index in [9.17, 15) is 5.11 Å². The molecule has 1 aliphatic rings. The topological polar surface area (TPSA) is 32.3 Å². The largest absolute Gasteiger partial charge is 0.384 e. The lowest BCUT2D eigenvalue weighted by atomic mass is 9.78. The van der Waals surface area contributed by atoms with Crippen LogP contribution in [0.5, 0.6) is 0 Å². The summed E-state index contributed by atoms with van der Waals surface area (Å²) in [6, 6.07) is 6.55. The van der Waals surface area contributed by atoms with E-state index in [0.717, 1.165) is 24.4 Å². The van der Waals surface area contributed by atoms with Crippen LogP contribution in [0.2, 0.25) is 0 Å². The summed E-state index contributed by atoms with van der Waals surface area (Å²) in [4.78, 5) is 0. The van der Waals surface area contributed by atoms with Gasteiger partial charge in [0.15, 0.2) is 0 Å². The van der Waals surface area contributed by atoms with E-state index in [1.54, 1.807) is 0 Å². The maximum atomic E-state index is 11.0. The standard InChI is InChI=1S/C17H27NO/c1-5-14-6-7-18-16(11-14)17(4,19)15-9-12(2)8-13(3)10-15/h8-10,14,16,18-19H,5-7,11H2,1-4H3. The van der Waals surface area contributed by atoms with Gasteiger partial charge in [-0.15, -0.1) is 0 Å². The summed E-state index contributed by atoms with van der Waals surface area (Å²) in [6.07, 6.45) is 3.51. The SMILES string of the molecule is CCC1CCNC(C(C)(O)c2cc(C)cc(C)c2)C1. The Labute approximate surface area is 117 Å². The Morgan fingerprint density at radius 3 is 2.47 bits per heavy atom. The van der Waals surface area contributed by atoms with E-state index in [1.807, 2.05) is 6.92 Å². The van der Waals surface area contributed by atoms with Crippen LogP contribution in [0.3, 0.4) is 0 Å². The number of hydrogen-bond donors (Lipinski definition) is 2. The zero-order valence-electron chi connectivity index (χ0n) is 12.7. The third kappa shape index (κ3) is 3.18. The molecule has 106 valence electrons. The molecule has 1 aromatic rings. The van der Waals surface area contributed by atoms with Gasteiger partial charge in [0.25, 0.3) is 0 Å². The molecular formula is C17H27NO. The van der Waals surface area contributed by atoms with Crippen molar-refractivity contribution < 1.29 is 5.11 Å². The fourth-order valence-corrected chi connectivity index (χ4v) is 3.26. The Bertz CT molecular complexity index is 419. The van der Waals surface area contributed by atoms with E-state index in [-0.39, 0.29) is 6.04 Å². The van der Waals surface area contributed by atoms with E-state index in [1.165, 1.54) is 24.0 Å². The van der Waals surface area contributed by atoms with Gasteiger partial charge < -0.3 is 10.4 Å². The second-order valence-electron chi connectivity index (χ2n) is 6.33. The Morgan fingerprint density at radius 1 is 1.26 bits per heavy atom. The Kier molecular flexibility index (Phi) is 4.32. The Hall–Kier alpha value is -0.860. The highest BCUT2D eigenvalue weighted by Gasteiger charge is 2.36. The monoisotopic (exact) mass is 261 g/mol. The van der Waals surface area contributed by atoms with Crippen LogP contribution >= 0.6 is 0 Å². The molecule has 19 heavy (non-hydrogen) atoms. The van der Waals surface area contributed by atoms with Crippen LogP contribution in [0, 0.1) is 19.8 Å². The summed E-state index contributed by atoms with van der Waals surface area (Å²) in [5, 5.41) is 14.5. The molecule has 1 aromatic carbocycles. The first kappa shape index (κ1) is 14.5. The molecule has 1 fully saturated rings. The minimum absolute atomic E-state index is 0.160. The average molecular weight is 261 g/mol. The highest BCUT2D eigenvalue weighted by molar-refractivity contribution is 5.33. The van der Waals surface area contributed by atoms with Gasteiger partial charge in [0.05, 0.1) is 0 Å². The van der Waals surface area contributed by atoms with Gasteiger partial charge in [0.1, 0.15) is 5.60 Å². The second-order valence-corrected chi connectivity index (χ2v) is 6.33. The van der Waals surface area contributed by atoms with Crippen LogP contribution in [0.25, 0.3) is 0 Å². The molecule has 0 saturated carbocycles. The highest BCUT2D eigenvalue weighted by Crippen LogP contribution is 2.33. The zero-order chi connectivity index (χ0) is 14.0. The van der Waals surface area contributed by atoms with Crippen molar-refractivity contribution in [3.63, 3.8) is 0 Å². The third-order valence-corrected chi connectivity index (χ3v) is 4.57. The van der Waals surface area contributed by atoms with E-state index < -0.39 is 5.60 Å². The predicted octanol–water partition coefficient (Wildman–Crippen LogP) is 3.29. The molecule has 2 heteroatoms. The van der Waals surface area contributed by atoms with Gasteiger partial charge in [0, 0.05) is 6.04 Å². The maximum absolute atomic E-state index is 11.0. The lowest BCUT2D eigenvalue weighted by molar-refractivity contribution is -0.00317. The number of hydrogen-bond acceptors (Lipinski definition) is 2. The van der Waals surface area contributed by atoms with Gasteiger partial charge in [-0.3, -0.25) is 0 Å². The fourth-order valence-electron chi connectivity index (χ4n) is 3.26. The molecule has 0 aliphatic carbocycles. The van der Waals surface area contributed by atoms with Crippen molar-refractivity contribution in [3.8, 4) is 0 Å². The van der Waals surface area contributed by atoms with Crippen LogP contribution in [-0.4, -0.2) is 17.7 Å². The van der Waals surface area contributed by atoms with E-state index >= 15 is 0 Å². The van der Waals surface area contributed by atoms with Crippen LogP contribution in [0.15, 0.2) is 18.2 Å². The summed E-state index contributed by atoms with van der Waals surface area (Å²) < 4.78 is 0.